The van der Waals surface area contributed by atoms with E-state index in [4.69, 9.17) is 4.84 Å². The first-order valence-corrected chi connectivity index (χ1v) is 11.8. The Labute approximate surface area is 223 Å². The molecule has 0 radical (unpaired) electrons. The van der Waals surface area contributed by atoms with Crippen LogP contribution in [-0.2, 0) is 31.4 Å². The first kappa shape index (κ1) is 28.1. The van der Waals surface area contributed by atoms with Gasteiger partial charge in [0.25, 0.3) is 17.5 Å². The molecule has 1 aliphatic heterocycles. The van der Waals surface area contributed by atoms with Gasteiger partial charge in [-0.05, 0) is 0 Å². The van der Waals surface area contributed by atoms with Crippen LogP contribution in [0.4, 0.5) is 20.2 Å². The number of nitrogens with zero attached hydrogens (tertiary/aromatic N) is 7. The van der Waals surface area contributed by atoms with Crippen LogP contribution < -0.4 is 5.32 Å². The second-order valence-corrected chi connectivity index (χ2v) is 8.82. The lowest BCUT2D eigenvalue weighted by molar-refractivity contribution is -0.384. The second kappa shape index (κ2) is 11.4. The second-order valence-electron chi connectivity index (χ2n) is 8.82. The summed E-state index contributed by atoms with van der Waals surface area (Å²) < 4.78 is 31.3. The highest BCUT2D eigenvalue weighted by Gasteiger charge is 2.43. The highest BCUT2D eigenvalue weighted by atomic mass is 19.1. The number of carbonyl (C=O) groups is 3. The van der Waals surface area contributed by atoms with E-state index >= 15 is 4.39 Å². The van der Waals surface area contributed by atoms with E-state index in [0.717, 1.165) is 35.7 Å². The minimum Gasteiger partial charge on any atom is -0.382 e. The number of halogens is 2. The monoisotopic (exact) mass is 560 g/mol. The molecular weight excluding hydrogens is 538 g/mol. The van der Waals surface area contributed by atoms with Crippen LogP contribution in [0.2, 0.25) is 0 Å². The van der Waals surface area contributed by atoms with Crippen LogP contribution in [0.15, 0.2) is 37.3 Å². The molecule has 0 bridgehead atoms. The van der Waals surface area contributed by atoms with E-state index in [1.807, 2.05) is 0 Å². The molecule has 4 rings (SSSR count). The van der Waals surface area contributed by atoms with Crippen LogP contribution >= 0.6 is 0 Å². The van der Waals surface area contributed by atoms with Gasteiger partial charge in [0.1, 0.15) is 36.1 Å². The van der Waals surface area contributed by atoms with Crippen LogP contribution in [0.1, 0.15) is 43.4 Å². The molecule has 0 aliphatic carbocycles. The van der Waals surface area contributed by atoms with Crippen molar-refractivity contribution in [2.45, 2.75) is 44.2 Å². The lowest BCUT2D eigenvalue weighted by atomic mass is 9.79. The number of nitro benzene ring substituents is 1. The van der Waals surface area contributed by atoms with Gasteiger partial charge in [-0.15, -0.1) is 5.06 Å². The topological polar surface area (TPSA) is 196 Å². The van der Waals surface area contributed by atoms with Gasteiger partial charge in [0.15, 0.2) is 5.82 Å². The number of aromatic nitrogens is 5. The van der Waals surface area contributed by atoms with Crippen LogP contribution in [0.3, 0.4) is 0 Å². The molecule has 3 heterocycles. The number of hydrogen-bond donors (Lipinski definition) is 2. The summed E-state index contributed by atoms with van der Waals surface area (Å²) in [4.78, 5) is 62.2. The number of imide groups is 1. The molecule has 3 aromatic rings. The van der Waals surface area contributed by atoms with E-state index in [1.165, 1.54) is 13.3 Å². The summed E-state index contributed by atoms with van der Waals surface area (Å²) >= 11 is 0. The Balaban J connectivity index is 1.61. The first-order chi connectivity index (χ1) is 19.0. The molecule has 0 spiro atoms. The minimum atomic E-state index is -2.31. The molecule has 2 aromatic heterocycles. The maximum Gasteiger partial charge on any atom is 0.334 e. The lowest BCUT2D eigenvalue weighted by Gasteiger charge is -2.34. The minimum absolute atomic E-state index is 0.0894. The Kier molecular flexibility index (Phi) is 8.03. The number of aliphatic hydroxyl groups is 1. The van der Waals surface area contributed by atoms with Gasteiger partial charge in [0.05, 0.1) is 29.8 Å². The summed E-state index contributed by atoms with van der Waals surface area (Å²) in [5.41, 5.74) is -4.13. The van der Waals surface area contributed by atoms with Crippen molar-refractivity contribution < 1.29 is 38.0 Å². The molecule has 1 saturated heterocycles. The molecular formula is C23H22F2N8O7. The Hall–Kier alpha value is -4.93. The molecule has 1 aliphatic rings. The van der Waals surface area contributed by atoms with Crippen molar-refractivity contribution in [2.75, 3.05) is 11.9 Å². The van der Waals surface area contributed by atoms with Gasteiger partial charge in [0, 0.05) is 43.0 Å². The first-order valence-electron chi connectivity index (χ1n) is 11.8. The standard InChI is InChI=1S/C23H22F2N8O7/c1-13(22-16(25)8-26-10-29-22)23(37,9-31-12-27-11-30-31)14-6-18(33(38)39)17(7-15(14)24)28-5-4-21(36)40-32-19(34)2-3-20(32)35/h6-8,10-13,28,37H,2-5,9H2,1H3/t13-,23+/m0/s1. The van der Waals surface area contributed by atoms with E-state index in [-0.39, 0.29) is 30.8 Å². The largest absolute Gasteiger partial charge is 0.382 e. The Bertz CT molecular complexity index is 1440. The molecule has 40 heavy (non-hydrogen) atoms. The zero-order valence-electron chi connectivity index (χ0n) is 20.9. The fourth-order valence-electron chi connectivity index (χ4n) is 4.17. The van der Waals surface area contributed by atoms with E-state index in [2.05, 4.69) is 25.4 Å². The van der Waals surface area contributed by atoms with E-state index in [9.17, 15) is 34.0 Å². The average Bonchev–Trinajstić information content (AvgIpc) is 3.53. The van der Waals surface area contributed by atoms with Crippen LogP contribution in [0, 0.1) is 21.7 Å². The maximum absolute atomic E-state index is 15.6. The molecule has 17 heteroatoms. The van der Waals surface area contributed by atoms with Gasteiger partial charge >= 0.3 is 5.97 Å². The molecule has 0 saturated carbocycles. The molecule has 2 amide bonds. The molecule has 15 nitrogen and oxygen atoms in total. The zero-order chi connectivity index (χ0) is 29.0. The number of rotatable bonds is 11. The molecule has 1 fully saturated rings. The van der Waals surface area contributed by atoms with E-state index in [1.54, 1.807) is 0 Å². The number of hydroxylamine groups is 2. The molecule has 0 unspecified atom stereocenters. The predicted octanol–water partition coefficient (Wildman–Crippen LogP) is 1.36. The maximum atomic E-state index is 15.6. The smallest absolute Gasteiger partial charge is 0.334 e. The van der Waals surface area contributed by atoms with Crippen molar-refractivity contribution in [3.05, 3.63) is 70.3 Å². The third-order valence-electron chi connectivity index (χ3n) is 6.28. The van der Waals surface area contributed by atoms with Gasteiger partial charge in [-0.1, -0.05) is 6.92 Å². The molecule has 210 valence electrons. The fourth-order valence-corrected chi connectivity index (χ4v) is 4.17. The average molecular weight is 560 g/mol. The number of anilines is 1. The van der Waals surface area contributed by atoms with Gasteiger partial charge in [-0.3, -0.25) is 19.7 Å². The van der Waals surface area contributed by atoms with Crippen molar-refractivity contribution in [1.82, 2.24) is 29.8 Å². The van der Waals surface area contributed by atoms with Crippen molar-refractivity contribution >= 4 is 29.2 Å². The van der Waals surface area contributed by atoms with Crippen molar-refractivity contribution in [1.29, 1.82) is 0 Å². The van der Waals surface area contributed by atoms with Crippen molar-refractivity contribution in [3.63, 3.8) is 0 Å². The summed E-state index contributed by atoms with van der Waals surface area (Å²) in [6.45, 7) is 0.597. The fraction of sp³-hybridized carbons (Fsp3) is 0.348. The summed E-state index contributed by atoms with van der Waals surface area (Å²) in [6, 6.07) is 1.55. The number of nitrogens with one attached hydrogen (secondary N) is 1. The molecule has 1 aromatic carbocycles. The van der Waals surface area contributed by atoms with Crippen molar-refractivity contribution in [3.8, 4) is 0 Å². The predicted molar refractivity (Wildman–Crippen MR) is 128 cm³/mol. The number of nitro groups is 1. The summed E-state index contributed by atoms with van der Waals surface area (Å²) in [7, 11) is 0. The van der Waals surface area contributed by atoms with Crippen LogP contribution in [-0.4, -0.2) is 64.2 Å². The summed E-state index contributed by atoms with van der Waals surface area (Å²) in [6.07, 6.45) is 3.67. The SMILES string of the molecule is C[C@@H](c1ncncc1F)[C@](O)(Cn1cncn1)c1cc([N+](=O)[O-])c(NCCC(=O)ON2C(=O)CCC2=O)cc1F. The highest BCUT2D eigenvalue weighted by Crippen LogP contribution is 2.42. The molecule has 2 N–H and O–H groups in total. The number of benzene rings is 1. The lowest BCUT2D eigenvalue weighted by Crippen LogP contribution is -2.39. The number of amides is 2. The van der Waals surface area contributed by atoms with Gasteiger partial charge in [-0.25, -0.2) is 33.2 Å². The third kappa shape index (κ3) is 5.73. The van der Waals surface area contributed by atoms with Crippen LogP contribution in [0.5, 0.6) is 0 Å². The summed E-state index contributed by atoms with van der Waals surface area (Å²) in [5, 5.41) is 30.5. The van der Waals surface area contributed by atoms with Gasteiger partial charge in [-0.2, -0.15) is 5.10 Å². The Morgan fingerprint density at radius 1 is 1.23 bits per heavy atom. The summed E-state index contributed by atoms with van der Waals surface area (Å²) in [5.74, 6) is -5.54. The quantitative estimate of drug-likeness (QED) is 0.194. The normalized spacial score (nSPS) is 15.6. The highest BCUT2D eigenvalue weighted by molar-refractivity contribution is 6.01. The van der Waals surface area contributed by atoms with Crippen LogP contribution in [0.25, 0.3) is 0 Å². The number of hydrogen-bond acceptors (Lipinski definition) is 12. The van der Waals surface area contributed by atoms with E-state index < -0.39 is 70.1 Å². The van der Waals surface area contributed by atoms with Gasteiger partial charge < -0.3 is 15.3 Å². The van der Waals surface area contributed by atoms with Gasteiger partial charge in [0.2, 0.25) is 0 Å². The molecule has 2 atom stereocenters. The Morgan fingerprint density at radius 2 is 1.95 bits per heavy atom. The third-order valence-corrected chi connectivity index (χ3v) is 6.28. The van der Waals surface area contributed by atoms with Crippen molar-refractivity contribution in [2.24, 2.45) is 0 Å². The Morgan fingerprint density at radius 3 is 2.58 bits per heavy atom. The number of carbonyl (C=O) groups excluding carboxylic acids is 3. The zero-order valence-corrected chi connectivity index (χ0v) is 20.9. The van der Waals surface area contributed by atoms with E-state index in [0.29, 0.717) is 5.06 Å².